The summed E-state index contributed by atoms with van der Waals surface area (Å²) >= 11 is 7.77. The molecule has 1 atom stereocenters. The Morgan fingerprint density at radius 3 is 2.92 bits per heavy atom. The summed E-state index contributed by atoms with van der Waals surface area (Å²) in [5.41, 5.74) is 7.63. The van der Waals surface area contributed by atoms with Crippen molar-refractivity contribution in [1.29, 1.82) is 0 Å². The van der Waals surface area contributed by atoms with Crippen LogP contribution in [-0.2, 0) is 0 Å². The molecule has 0 radical (unpaired) electrons. The first kappa shape index (κ1) is 15.6. The van der Waals surface area contributed by atoms with Gasteiger partial charge in [0.05, 0.1) is 21.3 Å². The number of para-hydroxylation sites is 1. The molecule has 1 aliphatic rings. The Balaban J connectivity index is 1.78. The summed E-state index contributed by atoms with van der Waals surface area (Å²) in [5, 5.41) is 6.21. The molecule has 0 unspecified atom stereocenters. The number of nitrogens with zero attached hydrogens (tertiary/aromatic N) is 3. The topological polar surface area (TPSA) is 64.2 Å². The zero-order valence-corrected chi connectivity index (χ0v) is 14.8. The minimum absolute atomic E-state index is 0.0502. The second-order valence-electron chi connectivity index (χ2n) is 6.08. The molecule has 7 heteroatoms. The van der Waals surface area contributed by atoms with Gasteiger partial charge < -0.3 is 10.6 Å². The Kier molecular flexibility index (Phi) is 3.83. The SMILES string of the molecule is Cc1nn(-c2ccccc2Cl)c2sc(C(=O)N3CC[C@@H](N)C3)cc12. The van der Waals surface area contributed by atoms with Gasteiger partial charge in [0.25, 0.3) is 5.91 Å². The third-order valence-corrected chi connectivity index (χ3v) is 5.77. The molecule has 1 aromatic carbocycles. The lowest BCUT2D eigenvalue weighted by molar-refractivity contribution is 0.0795. The van der Waals surface area contributed by atoms with Crippen LogP contribution in [0.3, 0.4) is 0 Å². The van der Waals surface area contributed by atoms with Crippen LogP contribution in [0.5, 0.6) is 0 Å². The standard InChI is InChI=1S/C17H17ClN4OS/c1-10-12-8-15(16(23)21-7-6-11(19)9-21)24-17(12)22(20-10)14-5-3-2-4-13(14)18/h2-5,8,11H,6-7,9,19H2,1H3/t11-/m1/s1. The molecule has 5 nitrogen and oxygen atoms in total. The van der Waals surface area contributed by atoms with Crippen LogP contribution in [-0.4, -0.2) is 39.7 Å². The molecule has 2 N–H and O–H groups in total. The van der Waals surface area contributed by atoms with Gasteiger partial charge in [0.15, 0.2) is 0 Å². The molecule has 0 saturated carbocycles. The van der Waals surface area contributed by atoms with Crippen molar-refractivity contribution in [3.63, 3.8) is 0 Å². The van der Waals surface area contributed by atoms with E-state index in [4.69, 9.17) is 17.3 Å². The van der Waals surface area contributed by atoms with Gasteiger partial charge in [-0.2, -0.15) is 5.10 Å². The van der Waals surface area contributed by atoms with E-state index in [1.165, 1.54) is 11.3 Å². The van der Waals surface area contributed by atoms with Crippen LogP contribution >= 0.6 is 22.9 Å². The molecular weight excluding hydrogens is 344 g/mol. The third kappa shape index (κ3) is 2.51. The van der Waals surface area contributed by atoms with E-state index in [1.54, 1.807) is 0 Å². The van der Waals surface area contributed by atoms with Crippen molar-refractivity contribution < 1.29 is 4.79 Å². The second kappa shape index (κ2) is 5.88. The Morgan fingerprint density at radius 2 is 2.21 bits per heavy atom. The van der Waals surface area contributed by atoms with Crippen molar-refractivity contribution in [2.24, 2.45) is 5.73 Å². The molecule has 124 valence electrons. The summed E-state index contributed by atoms with van der Waals surface area (Å²) in [7, 11) is 0. The van der Waals surface area contributed by atoms with E-state index in [9.17, 15) is 4.79 Å². The van der Waals surface area contributed by atoms with E-state index < -0.39 is 0 Å². The maximum Gasteiger partial charge on any atom is 0.264 e. The summed E-state index contributed by atoms with van der Waals surface area (Å²) in [6.45, 7) is 3.30. The Bertz CT molecular complexity index is 932. The van der Waals surface area contributed by atoms with Gasteiger partial charge in [-0.1, -0.05) is 23.7 Å². The van der Waals surface area contributed by atoms with Crippen molar-refractivity contribution in [2.45, 2.75) is 19.4 Å². The fourth-order valence-corrected chi connectivity index (χ4v) is 4.43. The maximum atomic E-state index is 12.7. The summed E-state index contributed by atoms with van der Waals surface area (Å²) in [6, 6.07) is 9.60. The number of rotatable bonds is 2. The van der Waals surface area contributed by atoms with Gasteiger partial charge in [-0.3, -0.25) is 4.79 Å². The number of halogens is 1. The van der Waals surface area contributed by atoms with Gasteiger partial charge in [0.2, 0.25) is 0 Å². The summed E-state index contributed by atoms with van der Waals surface area (Å²) in [5.74, 6) is 0.0502. The zero-order valence-electron chi connectivity index (χ0n) is 13.2. The number of amides is 1. The van der Waals surface area contributed by atoms with Crippen molar-refractivity contribution in [1.82, 2.24) is 14.7 Å². The number of likely N-dealkylation sites (tertiary alicyclic amines) is 1. The summed E-state index contributed by atoms with van der Waals surface area (Å²) < 4.78 is 1.82. The highest BCUT2D eigenvalue weighted by Gasteiger charge is 2.27. The molecule has 0 aliphatic carbocycles. The molecule has 3 aromatic rings. The predicted octanol–water partition coefficient (Wildman–Crippen LogP) is 3.22. The zero-order chi connectivity index (χ0) is 16.8. The number of aryl methyl sites for hydroxylation is 1. The normalized spacial score (nSPS) is 17.8. The molecule has 1 amide bonds. The average molecular weight is 361 g/mol. The van der Waals surface area contributed by atoms with E-state index in [0.29, 0.717) is 11.6 Å². The van der Waals surface area contributed by atoms with Gasteiger partial charge in [0.1, 0.15) is 4.83 Å². The quantitative estimate of drug-likeness (QED) is 0.763. The summed E-state index contributed by atoms with van der Waals surface area (Å²) in [6.07, 6.45) is 0.864. The van der Waals surface area contributed by atoms with Crippen LogP contribution in [0.15, 0.2) is 30.3 Å². The number of thiophene rings is 1. The molecular formula is C17H17ClN4OS. The molecule has 1 fully saturated rings. The third-order valence-electron chi connectivity index (χ3n) is 4.35. The average Bonchev–Trinajstić information content (AvgIpc) is 3.25. The predicted molar refractivity (Wildman–Crippen MR) is 97.2 cm³/mol. The van der Waals surface area contributed by atoms with E-state index in [2.05, 4.69) is 5.10 Å². The molecule has 0 bridgehead atoms. The fourth-order valence-electron chi connectivity index (χ4n) is 3.07. The van der Waals surface area contributed by atoms with E-state index >= 15 is 0 Å². The van der Waals surface area contributed by atoms with Gasteiger partial charge in [-0.05, 0) is 31.5 Å². The molecule has 0 spiro atoms. The van der Waals surface area contributed by atoms with Crippen LogP contribution in [0.4, 0.5) is 0 Å². The lowest BCUT2D eigenvalue weighted by Crippen LogP contribution is -2.31. The van der Waals surface area contributed by atoms with Gasteiger partial charge in [-0.25, -0.2) is 4.68 Å². The molecule has 4 rings (SSSR count). The van der Waals surface area contributed by atoms with E-state index in [1.807, 2.05) is 46.8 Å². The number of hydrogen-bond donors (Lipinski definition) is 1. The molecule has 3 heterocycles. The molecule has 2 aromatic heterocycles. The number of fused-ring (bicyclic) bond motifs is 1. The van der Waals surface area contributed by atoms with Crippen LogP contribution < -0.4 is 5.73 Å². The van der Waals surface area contributed by atoms with Crippen LogP contribution in [0, 0.1) is 6.92 Å². The fraction of sp³-hybridized carbons (Fsp3) is 0.294. The number of carbonyl (C=O) groups is 1. The molecule has 1 saturated heterocycles. The van der Waals surface area contributed by atoms with Crippen LogP contribution in [0.2, 0.25) is 5.02 Å². The first-order valence-electron chi connectivity index (χ1n) is 7.83. The van der Waals surface area contributed by atoms with E-state index in [0.717, 1.165) is 39.4 Å². The van der Waals surface area contributed by atoms with Crippen molar-refractivity contribution in [3.8, 4) is 5.69 Å². The number of carbonyl (C=O) groups excluding carboxylic acids is 1. The smallest absolute Gasteiger partial charge is 0.264 e. The second-order valence-corrected chi connectivity index (χ2v) is 7.52. The van der Waals surface area contributed by atoms with Crippen molar-refractivity contribution >= 4 is 39.1 Å². The number of hydrogen-bond acceptors (Lipinski definition) is 4. The number of benzene rings is 1. The highest BCUT2D eigenvalue weighted by Crippen LogP contribution is 2.33. The van der Waals surface area contributed by atoms with Crippen LogP contribution in [0.25, 0.3) is 15.9 Å². The van der Waals surface area contributed by atoms with Gasteiger partial charge in [0, 0.05) is 24.5 Å². The lowest BCUT2D eigenvalue weighted by Gasteiger charge is -2.14. The Hall–Kier alpha value is -1.89. The maximum absolute atomic E-state index is 12.7. The van der Waals surface area contributed by atoms with Crippen molar-refractivity contribution in [2.75, 3.05) is 13.1 Å². The first-order chi connectivity index (χ1) is 11.5. The first-order valence-corrected chi connectivity index (χ1v) is 9.03. The largest absolute Gasteiger partial charge is 0.336 e. The van der Waals surface area contributed by atoms with Gasteiger partial charge >= 0.3 is 0 Å². The van der Waals surface area contributed by atoms with E-state index in [-0.39, 0.29) is 11.9 Å². The monoisotopic (exact) mass is 360 g/mol. The highest BCUT2D eigenvalue weighted by atomic mass is 35.5. The lowest BCUT2D eigenvalue weighted by atomic mass is 10.3. The molecule has 1 aliphatic heterocycles. The summed E-state index contributed by atoms with van der Waals surface area (Å²) in [4.78, 5) is 16.2. The van der Waals surface area contributed by atoms with Crippen LogP contribution in [0.1, 0.15) is 21.8 Å². The Labute approximate surface area is 148 Å². The van der Waals surface area contributed by atoms with Gasteiger partial charge in [-0.15, -0.1) is 11.3 Å². The number of nitrogens with two attached hydrogens (primary N) is 1. The Morgan fingerprint density at radius 1 is 1.42 bits per heavy atom. The molecule has 24 heavy (non-hydrogen) atoms. The minimum atomic E-state index is 0.0502. The minimum Gasteiger partial charge on any atom is -0.336 e. The van der Waals surface area contributed by atoms with Crippen molar-refractivity contribution in [3.05, 3.63) is 45.9 Å². The highest BCUT2D eigenvalue weighted by molar-refractivity contribution is 7.20. The number of aromatic nitrogens is 2.